The van der Waals surface area contributed by atoms with Crippen molar-refractivity contribution in [3.05, 3.63) is 36.4 Å². The Labute approximate surface area is 176 Å². The number of aromatic nitrogens is 4. The van der Waals surface area contributed by atoms with Gasteiger partial charge in [0, 0.05) is 12.1 Å². The molecule has 4 rings (SSSR count). The van der Waals surface area contributed by atoms with Gasteiger partial charge in [0.05, 0.1) is 13.7 Å². The molecule has 0 radical (unpaired) electrons. The zero-order chi connectivity index (χ0) is 22.1. The van der Waals surface area contributed by atoms with Gasteiger partial charge in [-0.25, -0.2) is 15.0 Å². The smallest absolute Gasteiger partial charge is 0.167 e. The maximum atomic E-state index is 10.4. The predicted octanol–water partition coefficient (Wildman–Crippen LogP) is -0.923. The molecular weight excluding hydrogens is 410 g/mol. The number of aliphatic hydroxyl groups excluding tert-OH is 4. The molecule has 1 aromatic rings. The van der Waals surface area contributed by atoms with Gasteiger partial charge in [0.25, 0.3) is 0 Å². The van der Waals surface area contributed by atoms with E-state index in [0.29, 0.717) is 28.6 Å². The Morgan fingerprint density at radius 3 is 2.68 bits per heavy atom. The van der Waals surface area contributed by atoms with Crippen LogP contribution in [-0.4, -0.2) is 83.2 Å². The Hall–Kier alpha value is -3.03. The maximum Gasteiger partial charge on any atom is 0.167 e. The molecule has 5 atom stereocenters. The molecule has 12 heteroatoms. The van der Waals surface area contributed by atoms with Crippen LogP contribution in [0.2, 0.25) is 0 Å². The zero-order valence-corrected chi connectivity index (χ0v) is 16.5. The molecule has 1 unspecified atom stereocenters. The van der Waals surface area contributed by atoms with Crippen molar-refractivity contribution < 1.29 is 35.0 Å². The number of methoxy groups -OCH3 is 1. The van der Waals surface area contributed by atoms with Crippen molar-refractivity contribution in [1.82, 2.24) is 19.5 Å². The van der Waals surface area contributed by atoms with Crippen molar-refractivity contribution in [1.29, 1.82) is 0 Å². The van der Waals surface area contributed by atoms with Crippen LogP contribution in [0.4, 0.5) is 5.82 Å². The molecule has 3 aliphatic rings. The summed E-state index contributed by atoms with van der Waals surface area (Å²) >= 11 is 0. The van der Waals surface area contributed by atoms with Crippen LogP contribution in [0.3, 0.4) is 0 Å². The minimum Gasteiger partial charge on any atom is -0.508 e. The summed E-state index contributed by atoms with van der Waals surface area (Å²) in [6.07, 6.45) is -4.06. The van der Waals surface area contributed by atoms with Gasteiger partial charge in [0.2, 0.25) is 0 Å². The number of phenolic OH excluding ortho intramolecular Hbond substituents is 1. The lowest BCUT2D eigenvalue weighted by Gasteiger charge is -2.41. The Balaban J connectivity index is 1.60. The summed E-state index contributed by atoms with van der Waals surface area (Å²) < 4.78 is 12.1. The summed E-state index contributed by atoms with van der Waals surface area (Å²) in [7, 11) is 1.53. The number of anilines is 1. The van der Waals surface area contributed by atoms with Gasteiger partial charge in [-0.15, -0.1) is 0 Å². The van der Waals surface area contributed by atoms with E-state index < -0.39 is 37.3 Å². The van der Waals surface area contributed by atoms with Crippen LogP contribution in [0.15, 0.2) is 30.9 Å². The van der Waals surface area contributed by atoms with Crippen LogP contribution in [0, 0.1) is 0 Å². The molecule has 166 valence electrons. The highest BCUT2D eigenvalue weighted by Crippen LogP contribution is 2.34. The normalized spacial score (nSPS) is 26.2. The van der Waals surface area contributed by atoms with E-state index in [0.717, 1.165) is 0 Å². The quantitative estimate of drug-likeness (QED) is 0.283. The van der Waals surface area contributed by atoms with Gasteiger partial charge in [-0.3, -0.25) is 4.57 Å². The van der Waals surface area contributed by atoms with Crippen molar-refractivity contribution >= 4 is 5.82 Å². The lowest BCUT2D eigenvalue weighted by atomic mass is 9.98. The number of hydrogen-bond donors (Lipinski definition) is 6. The monoisotopic (exact) mass is 433 g/mol. The second kappa shape index (κ2) is 8.61. The number of rotatable bonds is 6. The number of fused-ring (bicyclic) bond motifs is 1. The number of phenols is 1. The number of ether oxygens (including phenoxy) is 2. The Kier molecular flexibility index (Phi) is 5.89. The van der Waals surface area contributed by atoms with Gasteiger partial charge < -0.3 is 40.3 Å². The Morgan fingerprint density at radius 1 is 1.13 bits per heavy atom. The molecule has 3 heterocycles. The molecule has 12 nitrogen and oxygen atoms in total. The molecule has 1 saturated heterocycles. The highest BCUT2D eigenvalue weighted by molar-refractivity contribution is 5.67. The molecular formula is C19H23N5O7. The van der Waals surface area contributed by atoms with Crippen molar-refractivity contribution in [2.75, 3.05) is 19.0 Å². The van der Waals surface area contributed by atoms with Gasteiger partial charge in [-0.1, -0.05) is 0 Å². The van der Waals surface area contributed by atoms with Gasteiger partial charge in [-0.05, 0) is 18.2 Å². The van der Waals surface area contributed by atoms with E-state index in [2.05, 4.69) is 20.3 Å². The summed E-state index contributed by atoms with van der Waals surface area (Å²) in [4.78, 5) is 12.7. The highest BCUT2D eigenvalue weighted by Gasteiger charge is 2.45. The Morgan fingerprint density at radius 2 is 1.94 bits per heavy atom. The maximum absolute atomic E-state index is 10.4. The van der Waals surface area contributed by atoms with E-state index in [-0.39, 0.29) is 12.3 Å². The number of aliphatic hydroxyl groups is 4. The van der Waals surface area contributed by atoms with Gasteiger partial charge in [-0.2, -0.15) is 0 Å². The number of imidazole rings is 1. The number of benzene rings is 1. The van der Waals surface area contributed by atoms with Crippen LogP contribution in [0.1, 0.15) is 11.8 Å². The average molecular weight is 433 g/mol. The first-order chi connectivity index (χ1) is 14.9. The second-order valence-electron chi connectivity index (χ2n) is 7.11. The van der Waals surface area contributed by atoms with E-state index in [4.69, 9.17) is 9.47 Å². The first kappa shape index (κ1) is 21.2. The third-order valence-electron chi connectivity index (χ3n) is 5.23. The van der Waals surface area contributed by atoms with Crippen LogP contribution in [0.5, 0.6) is 11.5 Å². The molecule has 31 heavy (non-hydrogen) atoms. The molecule has 0 saturated carbocycles. The minimum atomic E-state index is -1.53. The second-order valence-corrected chi connectivity index (χ2v) is 7.11. The van der Waals surface area contributed by atoms with Crippen molar-refractivity contribution in [3.8, 4) is 23.0 Å². The van der Waals surface area contributed by atoms with Crippen molar-refractivity contribution in [2.45, 2.75) is 37.2 Å². The van der Waals surface area contributed by atoms with Gasteiger partial charge in [0.15, 0.2) is 23.6 Å². The molecule has 6 N–H and O–H groups in total. The third kappa shape index (κ3) is 3.86. The summed E-state index contributed by atoms with van der Waals surface area (Å²) in [6, 6.07) is 4.86. The van der Waals surface area contributed by atoms with E-state index >= 15 is 0 Å². The van der Waals surface area contributed by atoms with E-state index in [9.17, 15) is 25.5 Å². The van der Waals surface area contributed by atoms with Crippen LogP contribution in [-0.2, 0) is 11.3 Å². The van der Waals surface area contributed by atoms with Gasteiger partial charge in [0.1, 0.15) is 48.6 Å². The molecule has 0 bridgehead atoms. The van der Waals surface area contributed by atoms with E-state index in [1.807, 2.05) is 0 Å². The third-order valence-corrected chi connectivity index (χ3v) is 5.23. The fourth-order valence-electron chi connectivity index (χ4n) is 3.49. The first-order valence-electron chi connectivity index (χ1n) is 9.52. The molecule has 3 aliphatic heterocycles. The molecule has 0 amide bonds. The van der Waals surface area contributed by atoms with Crippen LogP contribution >= 0.6 is 0 Å². The van der Waals surface area contributed by atoms with Crippen LogP contribution in [0.25, 0.3) is 11.5 Å². The molecule has 1 fully saturated rings. The molecule has 1 aromatic carbocycles. The number of hydrogen-bond acceptors (Lipinski definition) is 11. The molecule has 0 aliphatic carbocycles. The summed E-state index contributed by atoms with van der Waals surface area (Å²) in [6.45, 7) is -0.322. The zero-order valence-electron chi connectivity index (χ0n) is 16.5. The molecule has 0 aromatic heterocycles. The number of nitrogens with zero attached hydrogens (tertiary/aromatic N) is 4. The first-order valence-corrected chi connectivity index (χ1v) is 9.52. The van der Waals surface area contributed by atoms with Crippen LogP contribution < -0.4 is 10.1 Å². The van der Waals surface area contributed by atoms with Gasteiger partial charge >= 0.3 is 0 Å². The minimum absolute atomic E-state index is 0.0884. The number of nitrogens with one attached hydrogen (secondary N) is 1. The van der Waals surface area contributed by atoms with Crippen molar-refractivity contribution in [2.24, 2.45) is 0 Å². The predicted molar refractivity (Wildman–Crippen MR) is 105 cm³/mol. The fraction of sp³-hybridized carbons (Fsp3) is 0.421. The SMILES string of the molecule is COc1ccc(O)c(CNc2ncn(C3O[C@H](CO)[C@@H](O)[C@H](O)[C@H]3O)c3ncnc2-3)c1. The topological polar surface area (TPSA) is 175 Å². The average Bonchev–Trinajstić information content (AvgIpc) is 3.28. The van der Waals surface area contributed by atoms with E-state index in [1.54, 1.807) is 12.1 Å². The van der Waals surface area contributed by atoms with Crippen molar-refractivity contribution in [3.63, 3.8) is 0 Å². The standard InChI is InChI=1S/C19H23N5O7/c1-30-10-2-3-11(26)9(4-10)5-20-17-13-18(22-7-21-13)24(8-23-17)19-16(29)15(28)14(27)12(6-25)31-19/h2-4,7-8,12,14-16,19-20,25-29H,5-6H2,1H3/t12-,14-,15+,16-,19?/m1/s1. The highest BCUT2D eigenvalue weighted by atomic mass is 16.6. The van der Waals surface area contributed by atoms with E-state index in [1.165, 1.54) is 30.4 Å². The summed E-state index contributed by atoms with van der Waals surface area (Å²) in [5, 5.41) is 53.0. The Bertz CT molecular complexity index is 1010. The lowest BCUT2D eigenvalue weighted by Crippen LogP contribution is -2.56. The summed E-state index contributed by atoms with van der Waals surface area (Å²) in [5.41, 5.74) is 0.946. The largest absolute Gasteiger partial charge is 0.508 e. The fourth-order valence-corrected chi connectivity index (χ4v) is 3.49. The lowest BCUT2D eigenvalue weighted by molar-refractivity contribution is -0.251. The number of aromatic hydroxyl groups is 1. The summed E-state index contributed by atoms with van der Waals surface area (Å²) in [5.74, 6) is 1.35. The molecule has 0 spiro atoms.